The number of hydrogen-bond acceptors (Lipinski definition) is 5. The van der Waals surface area contributed by atoms with Gasteiger partial charge in [0.05, 0.1) is 5.69 Å². The average molecular weight is 499 g/mol. The minimum absolute atomic E-state index is 0.206. The van der Waals surface area contributed by atoms with E-state index in [1.165, 1.54) is 24.3 Å². The highest BCUT2D eigenvalue weighted by atomic mass is 32.2. The number of anilines is 1. The lowest BCUT2D eigenvalue weighted by Gasteiger charge is -2.17. The fraction of sp³-hybridized carbons (Fsp3) is 0.167. The predicted molar refractivity (Wildman–Crippen MR) is 131 cm³/mol. The van der Waals surface area contributed by atoms with Crippen LogP contribution in [0.15, 0.2) is 76.3 Å². The summed E-state index contributed by atoms with van der Waals surface area (Å²) < 4.78 is 41.0. The lowest BCUT2D eigenvalue weighted by atomic mass is 10.1. The summed E-state index contributed by atoms with van der Waals surface area (Å²) in [6.07, 6.45) is 1.36. The maximum absolute atomic E-state index is 13.4. The molecule has 0 atom stereocenters. The number of sulfonamides is 1. The Bertz CT molecular complexity index is 1380. The Labute approximate surface area is 201 Å². The number of nitrogens with one attached hydrogen (secondary N) is 2. The van der Waals surface area contributed by atoms with E-state index in [4.69, 9.17) is 0 Å². The molecule has 4 rings (SSSR count). The number of thiophene rings is 1. The number of halogens is 1. The number of aromatic amines is 1. The molecular formula is C24H23FN4O3S2. The number of hydrogen-bond donors (Lipinski definition) is 2. The topological polar surface area (TPSA) is 95.2 Å². The highest BCUT2D eigenvalue weighted by Gasteiger charge is 2.17. The minimum atomic E-state index is -3.68. The molecular weight excluding hydrogens is 475 g/mol. The molecule has 10 heteroatoms. The number of aromatic nitrogens is 2. The van der Waals surface area contributed by atoms with E-state index < -0.39 is 10.0 Å². The van der Waals surface area contributed by atoms with Crippen molar-refractivity contribution in [1.82, 2.24) is 15.1 Å². The van der Waals surface area contributed by atoms with Gasteiger partial charge in [-0.3, -0.25) is 14.6 Å². The molecule has 0 saturated heterocycles. The van der Waals surface area contributed by atoms with Crippen molar-refractivity contribution in [3.05, 3.63) is 89.2 Å². The molecule has 1 amide bonds. The van der Waals surface area contributed by atoms with E-state index in [2.05, 4.69) is 14.9 Å². The molecule has 0 aliphatic carbocycles. The van der Waals surface area contributed by atoms with E-state index in [9.17, 15) is 17.6 Å². The number of nitrogens with zero attached hydrogens (tertiary/aromatic N) is 2. The molecule has 0 bridgehead atoms. The zero-order valence-electron chi connectivity index (χ0n) is 18.4. The predicted octanol–water partition coefficient (Wildman–Crippen LogP) is 4.78. The van der Waals surface area contributed by atoms with Crippen molar-refractivity contribution in [2.45, 2.75) is 17.1 Å². The molecule has 0 aliphatic rings. The fourth-order valence-corrected chi connectivity index (χ4v) is 5.49. The van der Waals surface area contributed by atoms with E-state index in [1.807, 2.05) is 6.07 Å². The van der Waals surface area contributed by atoms with Crippen molar-refractivity contribution < 1.29 is 17.6 Å². The second-order valence-corrected chi connectivity index (χ2v) is 10.6. The summed E-state index contributed by atoms with van der Waals surface area (Å²) in [6.45, 7) is 0.498. The van der Waals surface area contributed by atoms with Gasteiger partial charge in [-0.05, 0) is 60.7 Å². The summed E-state index contributed by atoms with van der Waals surface area (Å²) in [7, 11) is -1.98. The normalized spacial score (nSPS) is 11.4. The Morgan fingerprint density at radius 1 is 1.12 bits per heavy atom. The number of rotatable bonds is 9. The van der Waals surface area contributed by atoms with Crippen LogP contribution < -0.4 is 4.72 Å². The molecule has 176 valence electrons. The Balaban J connectivity index is 1.33. The van der Waals surface area contributed by atoms with Gasteiger partial charge in [0, 0.05) is 36.1 Å². The maximum atomic E-state index is 13.4. The quantitative estimate of drug-likeness (QED) is 0.347. The Hall–Kier alpha value is -3.50. The molecule has 34 heavy (non-hydrogen) atoms. The summed E-state index contributed by atoms with van der Waals surface area (Å²) in [5.74, 6) is -0.521. The molecule has 0 spiro atoms. The summed E-state index contributed by atoms with van der Waals surface area (Å²) >= 11 is 1.12. The van der Waals surface area contributed by atoms with Gasteiger partial charge in [0.2, 0.25) is 0 Å². The first-order valence-corrected chi connectivity index (χ1v) is 12.9. The van der Waals surface area contributed by atoms with Crippen molar-refractivity contribution in [3.8, 4) is 11.3 Å². The Morgan fingerprint density at radius 2 is 1.94 bits per heavy atom. The fourth-order valence-electron chi connectivity index (χ4n) is 3.45. The van der Waals surface area contributed by atoms with Crippen molar-refractivity contribution in [3.63, 3.8) is 0 Å². The van der Waals surface area contributed by atoms with E-state index in [1.54, 1.807) is 53.7 Å². The zero-order valence-corrected chi connectivity index (χ0v) is 20.0. The maximum Gasteiger partial charge on any atom is 0.271 e. The molecule has 0 aliphatic heterocycles. The Morgan fingerprint density at radius 3 is 2.71 bits per heavy atom. The van der Waals surface area contributed by atoms with E-state index in [0.717, 1.165) is 17.0 Å². The number of aryl methyl sites for hydroxylation is 1. The first kappa shape index (κ1) is 23.7. The smallest absolute Gasteiger partial charge is 0.271 e. The molecule has 0 saturated carbocycles. The summed E-state index contributed by atoms with van der Waals surface area (Å²) in [4.78, 5) is 14.4. The lowest BCUT2D eigenvalue weighted by Crippen LogP contribution is -2.28. The van der Waals surface area contributed by atoms with Crippen LogP contribution in [0.1, 0.15) is 22.5 Å². The third-order valence-corrected chi connectivity index (χ3v) is 7.94. The average Bonchev–Trinajstić information content (AvgIpc) is 3.51. The van der Waals surface area contributed by atoms with Crippen LogP contribution in [0.5, 0.6) is 0 Å². The van der Waals surface area contributed by atoms with Gasteiger partial charge in [-0.1, -0.05) is 24.3 Å². The monoisotopic (exact) mass is 498 g/mol. The summed E-state index contributed by atoms with van der Waals surface area (Å²) in [5.41, 5.74) is 2.98. The zero-order chi connectivity index (χ0) is 24.1. The van der Waals surface area contributed by atoms with Crippen LogP contribution in [0, 0.1) is 5.82 Å². The van der Waals surface area contributed by atoms with Crippen LogP contribution in [0.25, 0.3) is 11.3 Å². The number of amides is 1. The van der Waals surface area contributed by atoms with Gasteiger partial charge in [0.1, 0.15) is 10.0 Å². The van der Waals surface area contributed by atoms with Gasteiger partial charge in [0.25, 0.3) is 15.9 Å². The lowest BCUT2D eigenvalue weighted by molar-refractivity contribution is 0.0793. The standard InChI is InChI=1S/C24H23FN4O3S2/c1-29(12-4-10-20-16-22(27-26-20)17-6-2-8-19(25)14-17)24(30)18-7-3-9-21(15-18)28-34(31,32)23-11-5-13-33-23/h2-3,5-9,11,13-16,28H,4,10,12H2,1H3,(H,26,27). The summed E-state index contributed by atoms with van der Waals surface area (Å²) in [6, 6.07) is 17.8. The van der Waals surface area contributed by atoms with E-state index >= 15 is 0 Å². The SMILES string of the molecule is CN(CCCc1cc(-c2cccc(F)c2)n[nH]1)C(=O)c1cccc(NS(=O)(=O)c2cccs2)c1. The van der Waals surface area contributed by atoms with Crippen LogP contribution in [0.4, 0.5) is 10.1 Å². The van der Waals surface area contributed by atoms with Gasteiger partial charge >= 0.3 is 0 Å². The Kier molecular flexibility index (Phi) is 7.09. The van der Waals surface area contributed by atoms with Crippen molar-refractivity contribution >= 4 is 33.0 Å². The van der Waals surface area contributed by atoms with Gasteiger partial charge in [-0.15, -0.1) is 11.3 Å². The highest BCUT2D eigenvalue weighted by molar-refractivity contribution is 7.94. The number of carbonyl (C=O) groups is 1. The first-order chi connectivity index (χ1) is 16.3. The van der Waals surface area contributed by atoms with Crippen molar-refractivity contribution in [2.24, 2.45) is 0 Å². The van der Waals surface area contributed by atoms with Crippen LogP contribution >= 0.6 is 11.3 Å². The second kappa shape index (κ2) is 10.2. The van der Waals surface area contributed by atoms with E-state index in [0.29, 0.717) is 41.9 Å². The molecule has 0 fully saturated rings. The highest BCUT2D eigenvalue weighted by Crippen LogP contribution is 2.22. The molecule has 2 heterocycles. The van der Waals surface area contributed by atoms with Gasteiger partial charge < -0.3 is 4.90 Å². The van der Waals surface area contributed by atoms with Gasteiger partial charge in [-0.2, -0.15) is 5.10 Å². The van der Waals surface area contributed by atoms with Crippen LogP contribution in [0.2, 0.25) is 0 Å². The minimum Gasteiger partial charge on any atom is -0.342 e. The largest absolute Gasteiger partial charge is 0.342 e. The van der Waals surface area contributed by atoms with Crippen LogP contribution in [0.3, 0.4) is 0 Å². The molecule has 7 nitrogen and oxygen atoms in total. The third kappa shape index (κ3) is 5.70. The van der Waals surface area contributed by atoms with Gasteiger partial charge in [0.15, 0.2) is 0 Å². The molecule has 2 aromatic carbocycles. The van der Waals surface area contributed by atoms with Crippen LogP contribution in [-0.4, -0.2) is 43.0 Å². The molecule has 0 radical (unpaired) electrons. The summed E-state index contributed by atoms with van der Waals surface area (Å²) in [5, 5.41) is 8.89. The number of benzene rings is 2. The van der Waals surface area contributed by atoms with Gasteiger partial charge in [-0.25, -0.2) is 12.8 Å². The molecule has 2 aromatic heterocycles. The number of carbonyl (C=O) groups excluding carboxylic acids is 1. The van der Waals surface area contributed by atoms with Crippen LogP contribution in [-0.2, 0) is 16.4 Å². The second-order valence-electron chi connectivity index (χ2n) is 7.74. The van der Waals surface area contributed by atoms with Crippen molar-refractivity contribution in [2.75, 3.05) is 18.3 Å². The van der Waals surface area contributed by atoms with E-state index in [-0.39, 0.29) is 15.9 Å². The van der Waals surface area contributed by atoms with Crippen molar-refractivity contribution in [1.29, 1.82) is 0 Å². The number of H-pyrrole nitrogens is 1. The molecule has 4 aromatic rings. The molecule has 2 N–H and O–H groups in total. The first-order valence-electron chi connectivity index (χ1n) is 10.5. The molecule has 0 unspecified atom stereocenters. The third-order valence-electron chi connectivity index (χ3n) is 5.16.